The van der Waals surface area contributed by atoms with E-state index in [0.717, 1.165) is 16.4 Å². The summed E-state index contributed by atoms with van der Waals surface area (Å²) < 4.78 is 0. The summed E-state index contributed by atoms with van der Waals surface area (Å²) in [5, 5.41) is 4.50. The number of pyridine rings is 1. The van der Waals surface area contributed by atoms with Crippen molar-refractivity contribution < 1.29 is 0 Å². The van der Waals surface area contributed by atoms with E-state index < -0.39 is 0 Å². The summed E-state index contributed by atoms with van der Waals surface area (Å²) in [6, 6.07) is 13.4. The molecule has 0 radical (unpaired) electrons. The molecule has 1 atom stereocenters. The molecule has 0 saturated heterocycles. The molecule has 0 amide bonds. The van der Waals surface area contributed by atoms with Crippen molar-refractivity contribution >= 4 is 29.0 Å². The fraction of sp³-hybridized carbons (Fsp3) is 0.154. The maximum absolute atomic E-state index is 5.85. The Kier molecular flexibility index (Phi) is 3.87. The Bertz CT molecular complexity index is 497. The molecule has 1 N–H and O–H groups in total. The minimum Gasteiger partial charge on any atom is -0.364 e. The number of hydrogen-bond acceptors (Lipinski definition) is 2. The second-order valence-corrected chi connectivity index (χ2v) is 4.59. The summed E-state index contributed by atoms with van der Waals surface area (Å²) in [6.45, 7) is 2.06. The third-order valence-electron chi connectivity index (χ3n) is 2.45. The zero-order chi connectivity index (χ0) is 12.3. The molecule has 0 bridgehead atoms. The van der Waals surface area contributed by atoms with Crippen molar-refractivity contribution in [2.45, 2.75) is 13.0 Å². The second kappa shape index (κ2) is 5.39. The first kappa shape index (κ1) is 12.2. The highest BCUT2D eigenvalue weighted by Crippen LogP contribution is 2.20. The molecule has 0 aliphatic heterocycles. The lowest BCUT2D eigenvalue weighted by Crippen LogP contribution is -2.07. The molecule has 2 aromatic rings. The van der Waals surface area contributed by atoms with Gasteiger partial charge in [0.1, 0.15) is 11.0 Å². The summed E-state index contributed by atoms with van der Waals surface area (Å²) in [5.41, 5.74) is 1.15. The van der Waals surface area contributed by atoms with Crippen LogP contribution in [0, 0.1) is 0 Å². The fourth-order valence-corrected chi connectivity index (χ4v) is 1.84. The third kappa shape index (κ3) is 3.35. The Morgan fingerprint density at radius 3 is 2.41 bits per heavy atom. The third-order valence-corrected chi connectivity index (χ3v) is 2.91. The van der Waals surface area contributed by atoms with E-state index in [4.69, 9.17) is 23.2 Å². The smallest absolute Gasteiger partial charge is 0.131 e. The maximum Gasteiger partial charge on any atom is 0.131 e. The van der Waals surface area contributed by atoms with E-state index in [1.54, 1.807) is 6.07 Å². The Balaban J connectivity index is 2.11. The van der Waals surface area contributed by atoms with Gasteiger partial charge in [0.15, 0.2) is 0 Å². The van der Waals surface area contributed by atoms with E-state index in [0.29, 0.717) is 5.15 Å². The first-order chi connectivity index (χ1) is 8.15. The first-order valence-corrected chi connectivity index (χ1v) is 6.05. The van der Waals surface area contributed by atoms with Crippen molar-refractivity contribution in [1.29, 1.82) is 0 Å². The molecule has 1 unspecified atom stereocenters. The molecular formula is C13H12Cl2N2. The van der Waals surface area contributed by atoms with Gasteiger partial charge in [0, 0.05) is 11.1 Å². The minimum absolute atomic E-state index is 0.151. The highest BCUT2D eigenvalue weighted by atomic mass is 35.5. The van der Waals surface area contributed by atoms with Crippen molar-refractivity contribution in [2.75, 3.05) is 5.32 Å². The second-order valence-electron chi connectivity index (χ2n) is 3.76. The van der Waals surface area contributed by atoms with Crippen LogP contribution in [-0.2, 0) is 0 Å². The number of rotatable bonds is 3. The Hall–Kier alpha value is -1.25. The molecule has 88 valence electrons. The van der Waals surface area contributed by atoms with Crippen LogP contribution >= 0.6 is 23.2 Å². The maximum atomic E-state index is 5.85. The van der Waals surface area contributed by atoms with Crippen LogP contribution in [0.5, 0.6) is 0 Å². The van der Waals surface area contributed by atoms with E-state index in [9.17, 15) is 0 Å². The molecule has 1 heterocycles. The van der Waals surface area contributed by atoms with Gasteiger partial charge in [-0.3, -0.25) is 0 Å². The number of aromatic nitrogens is 1. The SMILES string of the molecule is CC(Nc1cccc(Cl)n1)c1ccc(Cl)cc1. The van der Waals surface area contributed by atoms with Gasteiger partial charge in [0.25, 0.3) is 0 Å². The van der Waals surface area contributed by atoms with Crippen LogP contribution in [0.1, 0.15) is 18.5 Å². The predicted molar refractivity (Wildman–Crippen MR) is 72.7 cm³/mol. The standard InChI is InChI=1S/C13H12Cl2N2/c1-9(10-5-7-11(14)8-6-10)16-13-4-2-3-12(15)17-13/h2-9H,1H3,(H,16,17). The summed E-state index contributed by atoms with van der Waals surface area (Å²) in [4.78, 5) is 4.18. The highest BCUT2D eigenvalue weighted by molar-refractivity contribution is 6.30. The van der Waals surface area contributed by atoms with Crippen LogP contribution in [0.2, 0.25) is 10.2 Å². The van der Waals surface area contributed by atoms with Crippen molar-refractivity contribution in [3.8, 4) is 0 Å². The van der Waals surface area contributed by atoms with Gasteiger partial charge in [-0.05, 0) is 36.8 Å². The lowest BCUT2D eigenvalue weighted by molar-refractivity contribution is 0.875. The highest BCUT2D eigenvalue weighted by Gasteiger charge is 2.05. The van der Waals surface area contributed by atoms with Crippen molar-refractivity contribution in [1.82, 2.24) is 4.98 Å². The molecule has 0 aliphatic carbocycles. The van der Waals surface area contributed by atoms with Crippen molar-refractivity contribution in [3.05, 3.63) is 58.2 Å². The van der Waals surface area contributed by atoms with Gasteiger partial charge >= 0.3 is 0 Å². The number of hydrogen-bond donors (Lipinski definition) is 1. The van der Waals surface area contributed by atoms with Gasteiger partial charge in [-0.2, -0.15) is 0 Å². The molecular weight excluding hydrogens is 255 g/mol. The fourth-order valence-electron chi connectivity index (χ4n) is 1.55. The molecule has 0 saturated carbocycles. The largest absolute Gasteiger partial charge is 0.364 e. The summed E-state index contributed by atoms with van der Waals surface area (Å²) in [6.07, 6.45) is 0. The molecule has 17 heavy (non-hydrogen) atoms. The van der Waals surface area contributed by atoms with Crippen molar-refractivity contribution in [2.24, 2.45) is 0 Å². The number of halogens is 2. The summed E-state index contributed by atoms with van der Waals surface area (Å²) in [5.74, 6) is 0.764. The first-order valence-electron chi connectivity index (χ1n) is 5.30. The minimum atomic E-state index is 0.151. The number of nitrogens with zero attached hydrogens (tertiary/aromatic N) is 1. The average molecular weight is 267 g/mol. The van der Waals surface area contributed by atoms with Gasteiger partial charge in [0.05, 0.1) is 0 Å². The van der Waals surface area contributed by atoms with Crippen LogP contribution in [0.4, 0.5) is 5.82 Å². The monoisotopic (exact) mass is 266 g/mol. The predicted octanol–water partition coefficient (Wildman–Crippen LogP) is 4.56. The quantitative estimate of drug-likeness (QED) is 0.824. The summed E-state index contributed by atoms with van der Waals surface area (Å²) in [7, 11) is 0. The van der Waals surface area contributed by atoms with Crippen LogP contribution < -0.4 is 5.32 Å². The van der Waals surface area contributed by atoms with Gasteiger partial charge < -0.3 is 5.32 Å². The van der Waals surface area contributed by atoms with Crippen LogP contribution in [0.3, 0.4) is 0 Å². The van der Waals surface area contributed by atoms with Crippen LogP contribution in [-0.4, -0.2) is 4.98 Å². The van der Waals surface area contributed by atoms with E-state index in [1.165, 1.54) is 0 Å². The Morgan fingerprint density at radius 1 is 1.06 bits per heavy atom. The van der Waals surface area contributed by atoms with Crippen LogP contribution in [0.25, 0.3) is 0 Å². The van der Waals surface area contributed by atoms with E-state index in [1.807, 2.05) is 36.4 Å². The zero-order valence-corrected chi connectivity index (χ0v) is 10.8. The number of nitrogens with one attached hydrogen (secondary N) is 1. The van der Waals surface area contributed by atoms with E-state index in [2.05, 4.69) is 17.2 Å². The number of benzene rings is 1. The normalized spacial score (nSPS) is 12.2. The topological polar surface area (TPSA) is 24.9 Å². The lowest BCUT2D eigenvalue weighted by atomic mass is 10.1. The molecule has 4 heteroatoms. The average Bonchev–Trinajstić information content (AvgIpc) is 2.29. The molecule has 2 nitrogen and oxygen atoms in total. The Morgan fingerprint density at radius 2 is 1.76 bits per heavy atom. The number of anilines is 1. The van der Waals surface area contributed by atoms with Crippen molar-refractivity contribution in [3.63, 3.8) is 0 Å². The van der Waals surface area contributed by atoms with Gasteiger partial charge in [0.2, 0.25) is 0 Å². The van der Waals surface area contributed by atoms with E-state index in [-0.39, 0.29) is 6.04 Å². The Labute approximate surface area is 111 Å². The van der Waals surface area contributed by atoms with E-state index >= 15 is 0 Å². The van der Waals surface area contributed by atoms with Crippen LogP contribution in [0.15, 0.2) is 42.5 Å². The molecule has 0 aliphatic rings. The molecule has 1 aromatic heterocycles. The summed E-state index contributed by atoms with van der Waals surface area (Å²) >= 11 is 11.7. The zero-order valence-electron chi connectivity index (χ0n) is 9.32. The van der Waals surface area contributed by atoms with Gasteiger partial charge in [-0.15, -0.1) is 0 Å². The molecule has 1 aromatic carbocycles. The lowest BCUT2D eigenvalue weighted by Gasteiger charge is -2.15. The molecule has 2 rings (SSSR count). The molecule has 0 fully saturated rings. The molecule has 0 spiro atoms. The van der Waals surface area contributed by atoms with Gasteiger partial charge in [-0.25, -0.2) is 4.98 Å². The van der Waals surface area contributed by atoms with Gasteiger partial charge in [-0.1, -0.05) is 41.4 Å².